The molecule has 0 saturated carbocycles. The molecular formula is C19H19N3O. The molecule has 2 atom stereocenters. The third-order valence-corrected chi connectivity index (χ3v) is 5.30. The van der Waals surface area contributed by atoms with E-state index in [0.29, 0.717) is 0 Å². The van der Waals surface area contributed by atoms with Crippen LogP contribution in [0.1, 0.15) is 25.7 Å². The van der Waals surface area contributed by atoms with Crippen LogP contribution in [0.2, 0.25) is 0 Å². The topological polar surface area (TPSA) is 30.3 Å². The maximum absolute atomic E-state index is 6.35. The van der Waals surface area contributed by atoms with Crippen molar-refractivity contribution in [3.8, 4) is 0 Å². The van der Waals surface area contributed by atoms with Crippen LogP contribution in [0.3, 0.4) is 0 Å². The molecule has 0 unspecified atom stereocenters. The van der Waals surface area contributed by atoms with Crippen LogP contribution in [0.15, 0.2) is 54.6 Å². The summed E-state index contributed by atoms with van der Waals surface area (Å²) in [7, 11) is 0. The first-order valence-corrected chi connectivity index (χ1v) is 8.12. The van der Waals surface area contributed by atoms with Crippen molar-refractivity contribution in [3.05, 3.63) is 60.4 Å². The molecule has 2 aliphatic heterocycles. The van der Waals surface area contributed by atoms with Crippen LogP contribution in [0.5, 0.6) is 0 Å². The Balaban J connectivity index is 1.73. The van der Waals surface area contributed by atoms with Gasteiger partial charge in [0.1, 0.15) is 18.0 Å². The normalized spacial score (nSPS) is 24.9. The van der Waals surface area contributed by atoms with Crippen LogP contribution in [0.4, 0.5) is 5.69 Å². The molecule has 116 valence electrons. The number of para-hydroxylation sites is 3. The fraction of sp³-hybridized carbons (Fsp3) is 0.316. The SMILES string of the molecule is CC1(C)[C@@H]2c3nc4ccccc4n3C[C@H]1ON2c1ccccc1. The molecule has 23 heavy (non-hydrogen) atoms. The Hall–Kier alpha value is -2.33. The minimum Gasteiger partial charge on any atom is -0.323 e. The van der Waals surface area contributed by atoms with E-state index in [1.54, 1.807) is 0 Å². The number of benzene rings is 2. The van der Waals surface area contributed by atoms with Gasteiger partial charge in [0.2, 0.25) is 0 Å². The van der Waals surface area contributed by atoms with Crippen LogP contribution in [0.25, 0.3) is 11.0 Å². The van der Waals surface area contributed by atoms with Gasteiger partial charge in [-0.25, -0.2) is 10.0 Å². The minimum absolute atomic E-state index is 0.0210. The highest BCUT2D eigenvalue weighted by molar-refractivity contribution is 5.76. The Morgan fingerprint density at radius 2 is 1.78 bits per heavy atom. The zero-order valence-corrected chi connectivity index (χ0v) is 13.3. The fourth-order valence-corrected chi connectivity index (χ4v) is 3.96. The quantitative estimate of drug-likeness (QED) is 0.682. The Bertz CT molecular complexity index is 884. The Labute approximate surface area is 135 Å². The molecule has 4 heteroatoms. The van der Waals surface area contributed by atoms with E-state index < -0.39 is 0 Å². The lowest BCUT2D eigenvalue weighted by Crippen LogP contribution is -2.39. The summed E-state index contributed by atoms with van der Waals surface area (Å²) >= 11 is 0. The van der Waals surface area contributed by atoms with Crippen molar-refractivity contribution in [2.45, 2.75) is 32.5 Å². The lowest BCUT2D eigenvalue weighted by atomic mass is 9.77. The van der Waals surface area contributed by atoms with Crippen LogP contribution < -0.4 is 5.06 Å². The van der Waals surface area contributed by atoms with Gasteiger partial charge in [-0.3, -0.25) is 4.84 Å². The molecule has 3 aromatic rings. The molecule has 0 aliphatic carbocycles. The number of hydrogen-bond donors (Lipinski definition) is 0. The van der Waals surface area contributed by atoms with E-state index in [2.05, 4.69) is 72.0 Å². The van der Waals surface area contributed by atoms with Gasteiger partial charge in [0.05, 0.1) is 23.3 Å². The van der Waals surface area contributed by atoms with Gasteiger partial charge in [0, 0.05) is 5.41 Å². The van der Waals surface area contributed by atoms with Gasteiger partial charge in [0.25, 0.3) is 0 Å². The Morgan fingerprint density at radius 1 is 1.04 bits per heavy atom. The van der Waals surface area contributed by atoms with Crippen LogP contribution in [0, 0.1) is 5.41 Å². The fourth-order valence-electron chi connectivity index (χ4n) is 3.96. The highest BCUT2D eigenvalue weighted by Crippen LogP contribution is 2.53. The van der Waals surface area contributed by atoms with E-state index in [0.717, 1.165) is 23.6 Å². The predicted octanol–water partition coefficient (Wildman–Crippen LogP) is 3.94. The molecule has 1 saturated heterocycles. The average molecular weight is 305 g/mol. The molecule has 0 radical (unpaired) electrons. The molecule has 3 heterocycles. The summed E-state index contributed by atoms with van der Waals surface area (Å²) in [4.78, 5) is 11.3. The van der Waals surface area contributed by atoms with E-state index in [-0.39, 0.29) is 17.6 Å². The molecule has 1 fully saturated rings. The molecular weight excluding hydrogens is 286 g/mol. The lowest BCUT2D eigenvalue weighted by molar-refractivity contribution is 0.0343. The van der Waals surface area contributed by atoms with Crippen LogP contribution >= 0.6 is 0 Å². The van der Waals surface area contributed by atoms with Gasteiger partial charge in [0.15, 0.2) is 0 Å². The zero-order chi connectivity index (χ0) is 15.6. The number of anilines is 1. The van der Waals surface area contributed by atoms with Crippen molar-refractivity contribution in [3.63, 3.8) is 0 Å². The van der Waals surface area contributed by atoms with Crippen molar-refractivity contribution in [2.75, 3.05) is 5.06 Å². The molecule has 0 N–H and O–H groups in total. The summed E-state index contributed by atoms with van der Waals surface area (Å²) in [6.07, 6.45) is 0.151. The first-order chi connectivity index (χ1) is 11.2. The number of nitrogens with zero attached hydrogens (tertiary/aromatic N) is 3. The predicted molar refractivity (Wildman–Crippen MR) is 90.0 cm³/mol. The molecule has 4 nitrogen and oxygen atoms in total. The number of fused-ring (bicyclic) bond motifs is 6. The van der Waals surface area contributed by atoms with E-state index in [9.17, 15) is 0 Å². The van der Waals surface area contributed by atoms with E-state index >= 15 is 0 Å². The molecule has 0 spiro atoms. The molecule has 5 rings (SSSR count). The number of aromatic nitrogens is 2. The number of imidazole rings is 1. The summed E-state index contributed by atoms with van der Waals surface area (Å²) in [5.74, 6) is 1.11. The van der Waals surface area contributed by atoms with Crippen molar-refractivity contribution >= 4 is 16.7 Å². The summed E-state index contributed by atoms with van der Waals surface area (Å²) in [5, 5.41) is 2.06. The van der Waals surface area contributed by atoms with Gasteiger partial charge in [-0.2, -0.15) is 0 Å². The Kier molecular flexibility index (Phi) is 2.49. The second-order valence-electron chi connectivity index (χ2n) is 7.05. The standard InChI is InChI=1S/C19H19N3O/c1-19(2)16-12-21-15-11-7-6-10-14(15)20-18(21)17(19)22(23-16)13-8-4-3-5-9-13/h3-11,16-17H,12H2,1-2H3/t16-,17+/m1/s1. The third-order valence-electron chi connectivity index (χ3n) is 5.30. The average Bonchev–Trinajstić information content (AvgIpc) is 2.97. The second kappa shape index (κ2) is 4.36. The minimum atomic E-state index is 0.0210. The van der Waals surface area contributed by atoms with Crippen molar-refractivity contribution < 1.29 is 4.84 Å². The molecule has 2 aliphatic rings. The molecule has 0 amide bonds. The maximum Gasteiger partial charge on any atom is 0.136 e. The van der Waals surface area contributed by atoms with Crippen molar-refractivity contribution in [1.29, 1.82) is 0 Å². The maximum atomic E-state index is 6.35. The van der Waals surface area contributed by atoms with Gasteiger partial charge < -0.3 is 4.57 Å². The summed E-state index contributed by atoms with van der Waals surface area (Å²) in [6, 6.07) is 18.8. The highest BCUT2D eigenvalue weighted by atomic mass is 16.7. The number of hydroxylamine groups is 1. The largest absolute Gasteiger partial charge is 0.323 e. The lowest BCUT2D eigenvalue weighted by Gasteiger charge is -2.35. The van der Waals surface area contributed by atoms with Gasteiger partial charge in [-0.05, 0) is 24.3 Å². The summed E-state index contributed by atoms with van der Waals surface area (Å²) in [6.45, 7) is 5.42. The summed E-state index contributed by atoms with van der Waals surface area (Å²) in [5.41, 5.74) is 3.38. The van der Waals surface area contributed by atoms with E-state index in [1.807, 2.05) is 6.07 Å². The van der Waals surface area contributed by atoms with Crippen LogP contribution in [-0.4, -0.2) is 15.7 Å². The smallest absolute Gasteiger partial charge is 0.136 e. The second-order valence-corrected chi connectivity index (χ2v) is 7.05. The number of hydrogen-bond acceptors (Lipinski definition) is 3. The van der Waals surface area contributed by atoms with Gasteiger partial charge in [-0.1, -0.05) is 44.2 Å². The van der Waals surface area contributed by atoms with Crippen molar-refractivity contribution in [2.24, 2.45) is 5.41 Å². The first-order valence-electron chi connectivity index (χ1n) is 8.12. The summed E-state index contributed by atoms with van der Waals surface area (Å²) < 4.78 is 2.33. The van der Waals surface area contributed by atoms with Gasteiger partial charge in [-0.15, -0.1) is 0 Å². The van der Waals surface area contributed by atoms with E-state index in [4.69, 9.17) is 9.82 Å². The zero-order valence-electron chi connectivity index (χ0n) is 13.3. The monoisotopic (exact) mass is 305 g/mol. The molecule has 1 aromatic heterocycles. The highest BCUT2D eigenvalue weighted by Gasteiger charge is 2.55. The molecule has 2 bridgehead atoms. The molecule has 2 aromatic carbocycles. The number of rotatable bonds is 1. The van der Waals surface area contributed by atoms with E-state index in [1.165, 1.54) is 5.52 Å². The van der Waals surface area contributed by atoms with Crippen molar-refractivity contribution in [1.82, 2.24) is 9.55 Å². The van der Waals surface area contributed by atoms with Gasteiger partial charge >= 0.3 is 0 Å². The Morgan fingerprint density at radius 3 is 2.61 bits per heavy atom. The third kappa shape index (κ3) is 1.67. The van der Waals surface area contributed by atoms with Crippen LogP contribution in [-0.2, 0) is 11.4 Å². The first kappa shape index (κ1) is 13.1.